The van der Waals surface area contributed by atoms with Crippen LogP contribution in [-0.4, -0.2) is 25.9 Å². The lowest BCUT2D eigenvalue weighted by molar-refractivity contribution is -0.212. The van der Waals surface area contributed by atoms with Gasteiger partial charge in [0.15, 0.2) is 6.03 Å². The van der Waals surface area contributed by atoms with Crippen LogP contribution < -0.4 is 4.89 Å². The summed E-state index contributed by atoms with van der Waals surface area (Å²) in [4.78, 5) is 11.2. The largest absolute Gasteiger partial charge is 0.804 e. The van der Waals surface area contributed by atoms with Gasteiger partial charge in [0.05, 0.1) is 0 Å². The van der Waals surface area contributed by atoms with Crippen LogP contribution in [0.3, 0.4) is 0 Å². The van der Waals surface area contributed by atoms with E-state index in [0.717, 1.165) is 0 Å². The van der Waals surface area contributed by atoms with Crippen molar-refractivity contribution in [2.75, 3.05) is 19.8 Å². The van der Waals surface area contributed by atoms with Gasteiger partial charge in [-0.2, -0.15) is 0 Å². The third-order valence-electron chi connectivity index (χ3n) is 1.05. The van der Waals surface area contributed by atoms with Crippen molar-refractivity contribution in [3.05, 3.63) is 0 Å². The molecule has 1 unspecified atom stereocenters. The van der Waals surface area contributed by atoms with E-state index >= 15 is 0 Å². The van der Waals surface area contributed by atoms with Crippen molar-refractivity contribution in [1.29, 1.82) is 0 Å². The summed E-state index contributed by atoms with van der Waals surface area (Å²) < 4.78 is 15.0. The Morgan fingerprint density at radius 2 is 1.58 bits per heavy atom. The standard InChI is InChI=1S/C7H16O4P/c1-4-9-7(10-5-2)12(8)11-6-3/h7H,4-6H2,1-3H3/q-1. The average Bonchev–Trinajstić information content (AvgIpc) is 2.04. The van der Waals surface area contributed by atoms with Crippen molar-refractivity contribution in [3.63, 3.8) is 0 Å². The number of hydrogen-bond acceptors (Lipinski definition) is 4. The van der Waals surface area contributed by atoms with Crippen molar-refractivity contribution in [2.45, 2.75) is 26.8 Å². The van der Waals surface area contributed by atoms with Crippen molar-refractivity contribution in [1.82, 2.24) is 0 Å². The summed E-state index contributed by atoms with van der Waals surface area (Å²) in [6.07, 6.45) is 0. The van der Waals surface area contributed by atoms with Crippen LogP contribution in [0.1, 0.15) is 20.8 Å². The molecule has 0 fully saturated rings. The number of hydrogen-bond donors (Lipinski definition) is 0. The van der Waals surface area contributed by atoms with Gasteiger partial charge in [-0.1, -0.05) is 0 Å². The fourth-order valence-electron chi connectivity index (χ4n) is 0.643. The van der Waals surface area contributed by atoms with E-state index in [4.69, 9.17) is 14.0 Å². The Balaban J connectivity index is 3.72. The average molecular weight is 195 g/mol. The van der Waals surface area contributed by atoms with Gasteiger partial charge >= 0.3 is 0 Å². The Hall–Kier alpha value is 0.270. The van der Waals surface area contributed by atoms with Gasteiger partial charge in [-0.3, -0.25) is 0 Å². The summed E-state index contributed by atoms with van der Waals surface area (Å²) in [7, 11) is -1.85. The molecular weight excluding hydrogens is 179 g/mol. The van der Waals surface area contributed by atoms with E-state index in [2.05, 4.69) is 0 Å². The smallest absolute Gasteiger partial charge is 0.186 e. The Morgan fingerprint density at radius 1 is 1.08 bits per heavy atom. The molecule has 0 saturated heterocycles. The maximum atomic E-state index is 11.2. The van der Waals surface area contributed by atoms with Gasteiger partial charge in [0.25, 0.3) is 0 Å². The van der Waals surface area contributed by atoms with Gasteiger partial charge < -0.3 is 18.9 Å². The fraction of sp³-hybridized carbons (Fsp3) is 1.00. The molecule has 5 heteroatoms. The predicted octanol–water partition coefficient (Wildman–Crippen LogP) is 1.05. The van der Waals surface area contributed by atoms with Gasteiger partial charge in [0.2, 0.25) is 0 Å². The van der Waals surface area contributed by atoms with Crippen LogP contribution in [0.4, 0.5) is 0 Å². The van der Waals surface area contributed by atoms with Crippen LogP contribution in [0, 0.1) is 0 Å². The van der Waals surface area contributed by atoms with Crippen LogP contribution in [0.2, 0.25) is 0 Å². The lowest BCUT2D eigenvalue weighted by Gasteiger charge is -2.30. The molecule has 0 aliphatic carbocycles. The SMILES string of the molecule is CCOC(OCC)P([O-])OCC. The highest BCUT2D eigenvalue weighted by Gasteiger charge is 2.11. The number of ether oxygens (including phenoxy) is 2. The summed E-state index contributed by atoms with van der Waals surface area (Å²) in [5, 5.41) is 0. The van der Waals surface area contributed by atoms with Crippen molar-refractivity contribution >= 4 is 8.38 Å². The summed E-state index contributed by atoms with van der Waals surface area (Å²) in [5.41, 5.74) is 0. The highest BCUT2D eigenvalue weighted by Crippen LogP contribution is 2.34. The minimum atomic E-state index is -1.85. The Labute approximate surface area is 74.7 Å². The van der Waals surface area contributed by atoms with Gasteiger partial charge in [-0.25, -0.2) is 0 Å². The first-order valence-corrected chi connectivity index (χ1v) is 5.33. The van der Waals surface area contributed by atoms with E-state index in [1.54, 1.807) is 6.92 Å². The van der Waals surface area contributed by atoms with E-state index < -0.39 is 14.4 Å². The molecule has 74 valence electrons. The van der Waals surface area contributed by atoms with Crippen molar-refractivity contribution < 1.29 is 18.9 Å². The summed E-state index contributed by atoms with van der Waals surface area (Å²) >= 11 is 0. The van der Waals surface area contributed by atoms with E-state index in [1.165, 1.54) is 0 Å². The van der Waals surface area contributed by atoms with Crippen LogP contribution in [-0.2, 0) is 14.0 Å². The topological polar surface area (TPSA) is 50.8 Å². The van der Waals surface area contributed by atoms with Gasteiger partial charge in [0.1, 0.15) is 0 Å². The maximum Gasteiger partial charge on any atom is 0.186 e. The monoisotopic (exact) mass is 195 g/mol. The molecule has 0 aromatic carbocycles. The highest BCUT2D eigenvalue weighted by atomic mass is 31.2. The zero-order valence-corrected chi connectivity index (χ0v) is 8.67. The van der Waals surface area contributed by atoms with E-state index in [0.29, 0.717) is 19.8 Å². The zero-order chi connectivity index (χ0) is 9.40. The molecule has 0 amide bonds. The summed E-state index contributed by atoms with van der Waals surface area (Å²) in [5.74, 6) is 0. The maximum absolute atomic E-state index is 11.2. The van der Waals surface area contributed by atoms with Crippen LogP contribution in [0.25, 0.3) is 0 Å². The number of rotatable bonds is 7. The molecule has 4 nitrogen and oxygen atoms in total. The molecule has 1 atom stereocenters. The minimum absolute atomic E-state index is 0.409. The lowest BCUT2D eigenvalue weighted by atomic mass is 10.9. The third kappa shape index (κ3) is 5.01. The molecule has 0 rings (SSSR count). The first kappa shape index (κ1) is 12.3. The van der Waals surface area contributed by atoms with Gasteiger partial charge in [0, 0.05) is 28.2 Å². The van der Waals surface area contributed by atoms with E-state index in [-0.39, 0.29) is 0 Å². The molecule has 0 heterocycles. The second-order valence-electron chi connectivity index (χ2n) is 1.92. The molecular formula is C7H16O4P-. The van der Waals surface area contributed by atoms with Crippen LogP contribution in [0.15, 0.2) is 0 Å². The highest BCUT2D eigenvalue weighted by molar-refractivity contribution is 7.45. The zero-order valence-electron chi connectivity index (χ0n) is 7.78. The molecule has 0 saturated carbocycles. The molecule has 0 N–H and O–H groups in total. The Kier molecular flexibility index (Phi) is 8.07. The van der Waals surface area contributed by atoms with Gasteiger partial charge in [-0.05, 0) is 20.8 Å². The first-order chi connectivity index (χ1) is 5.76. The summed E-state index contributed by atoms with van der Waals surface area (Å²) in [6, 6.07) is -0.713. The Morgan fingerprint density at radius 3 is 1.92 bits per heavy atom. The fourth-order valence-corrected chi connectivity index (χ4v) is 1.56. The molecule has 0 bridgehead atoms. The van der Waals surface area contributed by atoms with Crippen LogP contribution in [0.5, 0.6) is 0 Å². The first-order valence-electron chi connectivity index (χ1n) is 4.08. The molecule has 0 aliphatic rings. The molecule has 12 heavy (non-hydrogen) atoms. The molecule has 0 spiro atoms. The van der Waals surface area contributed by atoms with E-state index in [1.807, 2.05) is 13.8 Å². The van der Waals surface area contributed by atoms with Gasteiger partial charge in [-0.15, -0.1) is 0 Å². The predicted molar refractivity (Wildman–Crippen MR) is 45.6 cm³/mol. The molecule has 0 aromatic heterocycles. The lowest BCUT2D eigenvalue weighted by Crippen LogP contribution is -2.21. The second kappa shape index (κ2) is 7.90. The quantitative estimate of drug-likeness (QED) is 0.450. The van der Waals surface area contributed by atoms with E-state index in [9.17, 15) is 4.89 Å². The molecule has 0 aromatic rings. The van der Waals surface area contributed by atoms with Crippen molar-refractivity contribution in [2.24, 2.45) is 0 Å². The normalized spacial score (nSPS) is 13.8. The minimum Gasteiger partial charge on any atom is -0.804 e. The van der Waals surface area contributed by atoms with Crippen LogP contribution >= 0.6 is 8.38 Å². The van der Waals surface area contributed by atoms with Crippen molar-refractivity contribution in [3.8, 4) is 0 Å². The Bertz CT molecular complexity index is 95.4. The molecule has 0 aliphatic heterocycles. The summed E-state index contributed by atoms with van der Waals surface area (Å²) in [6.45, 7) is 6.77. The second-order valence-corrected chi connectivity index (χ2v) is 3.17. The third-order valence-corrected chi connectivity index (χ3v) is 2.20. The molecule has 0 radical (unpaired) electrons.